The number of rotatable bonds is 35. The number of unbranched alkanes of at least 4 members (excludes halogenated alkanes) is 2. The summed E-state index contributed by atoms with van der Waals surface area (Å²) in [5.41, 5.74) is 1.38. The van der Waals surface area contributed by atoms with E-state index in [1.54, 1.807) is 83.0 Å². The molecule has 20 nitrogen and oxygen atoms in total. The third kappa shape index (κ3) is 27.2. The Balaban J connectivity index is 0.000000435. The summed E-state index contributed by atoms with van der Waals surface area (Å²) in [5.74, 6) is 7.60. The Hall–Kier alpha value is -5.20. The van der Waals surface area contributed by atoms with Crippen molar-refractivity contribution in [3.05, 3.63) is 35.4 Å². The van der Waals surface area contributed by atoms with Crippen LogP contribution in [0.1, 0.15) is 128 Å². The summed E-state index contributed by atoms with van der Waals surface area (Å²) in [4.78, 5) is 96.6. The number of ketones is 2. The molecule has 0 aliphatic carbocycles. The molecule has 0 bridgehead atoms. The maximum atomic E-state index is 13.0. The van der Waals surface area contributed by atoms with Crippen molar-refractivity contribution in [3.63, 3.8) is 0 Å². The number of benzene rings is 2. The topological polar surface area (TPSA) is 264 Å². The van der Waals surface area contributed by atoms with E-state index in [2.05, 4.69) is 31.9 Å². The quantitative estimate of drug-likeness (QED) is 0.0286. The maximum absolute atomic E-state index is 13.0. The van der Waals surface area contributed by atoms with Crippen LogP contribution in [0.4, 0.5) is 0 Å². The van der Waals surface area contributed by atoms with Gasteiger partial charge >= 0.3 is 0 Å². The maximum Gasteiger partial charge on any atom is 0.220 e. The molecule has 0 aromatic heterocycles. The molecule has 2 aromatic rings. The van der Waals surface area contributed by atoms with E-state index >= 15 is 0 Å². The normalized spacial score (nSPS) is 17.4. The van der Waals surface area contributed by atoms with E-state index in [4.69, 9.17) is 28.4 Å². The van der Waals surface area contributed by atoms with Crippen molar-refractivity contribution in [2.75, 3.05) is 91.8 Å². The zero-order valence-corrected chi connectivity index (χ0v) is 52.2. The fourth-order valence-corrected chi connectivity index (χ4v) is 14.4. The zero-order chi connectivity index (χ0) is 59.7. The van der Waals surface area contributed by atoms with Crippen LogP contribution in [-0.2, 0) is 51.4 Å². The Bertz CT molecular complexity index is 2330. The number of nitrogens with one attached hydrogen (secondary N) is 6. The highest BCUT2D eigenvalue weighted by Crippen LogP contribution is 2.39. The Morgan fingerprint density at radius 2 is 0.843 bits per heavy atom. The molecule has 466 valence electrons. The lowest BCUT2D eigenvalue weighted by Crippen LogP contribution is -2.31. The largest absolute Gasteiger partial charge is 0.496 e. The Morgan fingerprint density at radius 3 is 1.20 bits per heavy atom. The average molecular weight is 1240 g/mol. The van der Waals surface area contributed by atoms with Gasteiger partial charge < -0.3 is 60.3 Å². The highest BCUT2D eigenvalue weighted by molar-refractivity contribution is 8.76. The van der Waals surface area contributed by atoms with Gasteiger partial charge in [-0.25, -0.2) is 0 Å². The number of carbonyl (C=O) groups excluding carboxylic acids is 8. The standard InChI is InChI=1S/C31H47N3O7S3.C27H41N3O7S.CH4/c1-32-28(35)7-4-5-12-41-23-16-26(39-2)25(27(17-23)40-3)19-34-30(37)9-6-8-29(36)33-18-24-15-22(20-42-24)31(38)21-10-13-43-44-14-11-21;1-18(31)19-12-21(38-17-19)15-29-26(33)9-7-10-27(34)30-16-22-23(35-3)13-20(14-24(22)36-4)37-11-6-5-8-25(32)28-2;/h16-17,21-22,24H,4-15,18-20H2,1-3H3,(H,32,35)(H,33,36)(H,34,37);13-14,19,21H,5-12,15-17H2,1-4H3,(H,28,32)(H,29,33)(H,30,34);1H4. The number of hydrogen-bond acceptors (Lipinski definition) is 18. The van der Waals surface area contributed by atoms with E-state index in [0.29, 0.717) is 103 Å². The molecule has 5 rings (SSSR count). The lowest BCUT2D eigenvalue weighted by Gasteiger charge is -2.17. The minimum absolute atomic E-state index is 0. The molecule has 3 saturated heterocycles. The molecule has 0 saturated carbocycles. The number of thioether (sulfide) groups is 2. The first-order chi connectivity index (χ1) is 39.6. The van der Waals surface area contributed by atoms with Gasteiger partial charge in [-0.3, -0.25) is 38.4 Å². The molecule has 6 N–H and O–H groups in total. The second kappa shape index (κ2) is 41.0. The van der Waals surface area contributed by atoms with Gasteiger partial charge in [-0.15, -0.1) is 0 Å². The molecule has 3 aliphatic heterocycles. The predicted octanol–water partition coefficient (Wildman–Crippen LogP) is 7.63. The van der Waals surface area contributed by atoms with Gasteiger partial charge in [-0.1, -0.05) is 29.0 Å². The molecule has 3 heterocycles. The number of Topliss-reactive ketones (excluding diaryl/α,β-unsaturated/α-hetero) is 2. The SMILES string of the molecule is C.CNC(=O)CCCCOc1cc(OC)c(CNC(=O)CCCC(=O)NCC2CC(C(=O)C3CCSSCC3)CS2)c(OC)c1.CNC(=O)CCCCOc1cc(OC)c(CNC(=O)CCCC(=O)NCC2CC(C(C)=O)CS2)c(OC)c1. The van der Waals surface area contributed by atoms with Crippen LogP contribution in [0.3, 0.4) is 0 Å². The van der Waals surface area contributed by atoms with Gasteiger partial charge in [0.1, 0.15) is 46.1 Å². The fourth-order valence-electron chi connectivity index (χ4n) is 9.28. The van der Waals surface area contributed by atoms with E-state index in [-0.39, 0.29) is 116 Å². The molecule has 3 fully saturated rings. The minimum Gasteiger partial charge on any atom is -0.496 e. The lowest BCUT2D eigenvalue weighted by atomic mass is 9.87. The molecule has 2 aromatic carbocycles. The van der Waals surface area contributed by atoms with Crippen molar-refractivity contribution in [3.8, 4) is 34.5 Å². The Labute approximate surface area is 508 Å². The number of amides is 6. The van der Waals surface area contributed by atoms with Crippen molar-refractivity contribution in [1.82, 2.24) is 31.9 Å². The third-order valence-corrected chi connectivity index (χ3v) is 19.5. The van der Waals surface area contributed by atoms with Gasteiger partial charge in [-0.2, -0.15) is 23.5 Å². The third-order valence-electron chi connectivity index (χ3n) is 14.2. The first-order valence-electron chi connectivity index (χ1n) is 28.4. The van der Waals surface area contributed by atoms with E-state index in [1.165, 1.54) is 14.2 Å². The first-order valence-corrected chi connectivity index (χ1v) is 32.9. The Kier molecular flexibility index (Phi) is 35.6. The van der Waals surface area contributed by atoms with Crippen LogP contribution in [0.25, 0.3) is 0 Å². The molecule has 3 aliphatic rings. The molecule has 0 radical (unpaired) electrons. The predicted molar refractivity (Wildman–Crippen MR) is 332 cm³/mol. The van der Waals surface area contributed by atoms with Crippen LogP contribution >= 0.6 is 45.1 Å². The molecular weight excluding hydrogens is 1140 g/mol. The average Bonchev–Trinajstić information content (AvgIpc) is 4.17. The lowest BCUT2D eigenvalue weighted by molar-refractivity contribution is -0.126. The van der Waals surface area contributed by atoms with Gasteiger partial charge in [0.2, 0.25) is 35.4 Å². The summed E-state index contributed by atoms with van der Waals surface area (Å²) in [6, 6.07) is 7.00. The van der Waals surface area contributed by atoms with E-state index in [1.807, 2.05) is 21.6 Å². The van der Waals surface area contributed by atoms with Gasteiger partial charge in [-0.05, 0) is 71.1 Å². The summed E-state index contributed by atoms with van der Waals surface area (Å²) in [6.45, 7) is 4.05. The van der Waals surface area contributed by atoms with Crippen LogP contribution in [0.2, 0.25) is 0 Å². The number of ether oxygens (including phenoxy) is 6. The van der Waals surface area contributed by atoms with E-state index in [0.717, 1.165) is 74.4 Å². The highest BCUT2D eigenvalue weighted by Gasteiger charge is 2.35. The molecule has 24 heteroatoms. The second-order valence-electron chi connectivity index (χ2n) is 20.1. The van der Waals surface area contributed by atoms with Crippen molar-refractivity contribution >= 4 is 92.1 Å². The molecular formula is C59H92N6O14S4. The molecule has 6 amide bonds. The zero-order valence-electron chi connectivity index (χ0n) is 48.9. The van der Waals surface area contributed by atoms with Crippen LogP contribution in [0.5, 0.6) is 34.5 Å². The summed E-state index contributed by atoms with van der Waals surface area (Å²) in [6.07, 6.45) is 9.29. The molecule has 4 unspecified atom stereocenters. The van der Waals surface area contributed by atoms with Gasteiger partial charge in [0, 0.05) is 141 Å². The minimum atomic E-state index is -0.172. The van der Waals surface area contributed by atoms with Crippen LogP contribution in [0, 0.1) is 17.8 Å². The van der Waals surface area contributed by atoms with Crippen molar-refractivity contribution in [1.29, 1.82) is 0 Å². The smallest absolute Gasteiger partial charge is 0.220 e. The summed E-state index contributed by atoms with van der Waals surface area (Å²) in [7, 11) is 13.1. The summed E-state index contributed by atoms with van der Waals surface area (Å²) < 4.78 is 33.7. The first kappa shape index (κ1) is 72.1. The van der Waals surface area contributed by atoms with Gasteiger partial charge in [0.15, 0.2) is 0 Å². The second-order valence-corrected chi connectivity index (χ2v) is 25.5. The number of hydrogen-bond donors (Lipinski definition) is 6. The van der Waals surface area contributed by atoms with Gasteiger partial charge in [0.25, 0.3) is 0 Å². The summed E-state index contributed by atoms with van der Waals surface area (Å²) >= 11 is 3.51. The molecule has 4 atom stereocenters. The fraction of sp³-hybridized carbons (Fsp3) is 0.661. The number of methoxy groups -OCH3 is 4. The van der Waals surface area contributed by atoms with Gasteiger partial charge in [0.05, 0.1) is 65.9 Å². The van der Waals surface area contributed by atoms with Crippen molar-refractivity contribution in [2.45, 2.75) is 141 Å². The monoisotopic (exact) mass is 1240 g/mol. The number of carbonyl (C=O) groups is 8. The van der Waals surface area contributed by atoms with Crippen molar-refractivity contribution in [2.24, 2.45) is 17.8 Å². The molecule has 83 heavy (non-hydrogen) atoms. The molecule has 0 spiro atoms. The van der Waals surface area contributed by atoms with E-state index < -0.39 is 0 Å². The summed E-state index contributed by atoms with van der Waals surface area (Å²) in [5, 5.41) is 17.4. The van der Waals surface area contributed by atoms with E-state index in [9.17, 15) is 38.4 Å². The Morgan fingerprint density at radius 1 is 0.482 bits per heavy atom. The van der Waals surface area contributed by atoms with Crippen molar-refractivity contribution < 1.29 is 66.8 Å². The van der Waals surface area contributed by atoms with Crippen LogP contribution in [0.15, 0.2) is 24.3 Å². The van der Waals surface area contributed by atoms with Crippen LogP contribution < -0.4 is 60.3 Å². The highest BCUT2D eigenvalue weighted by atomic mass is 33.1. The van der Waals surface area contributed by atoms with Crippen LogP contribution in [-0.4, -0.2) is 149 Å².